The molecule has 26 heavy (non-hydrogen) atoms. The van der Waals surface area contributed by atoms with E-state index in [2.05, 4.69) is 16.0 Å². The molecule has 3 aromatic rings. The molecule has 0 saturated carbocycles. The lowest BCUT2D eigenvalue weighted by Gasteiger charge is -2.15. The Hall–Kier alpha value is -2.85. The number of benzene rings is 2. The lowest BCUT2D eigenvalue weighted by Crippen LogP contribution is -2.08. The van der Waals surface area contributed by atoms with E-state index in [9.17, 15) is 9.50 Å². The number of hydrogen-bond donors (Lipinski definition) is 1. The highest BCUT2D eigenvalue weighted by molar-refractivity contribution is 5.98. The van der Waals surface area contributed by atoms with Gasteiger partial charge in [0.2, 0.25) is 5.97 Å². The first kappa shape index (κ1) is 16.6. The van der Waals surface area contributed by atoms with Crippen molar-refractivity contribution in [1.29, 1.82) is 0 Å². The molecule has 1 atom stereocenters. The zero-order valence-corrected chi connectivity index (χ0v) is 14.3. The molecule has 2 aromatic carbocycles. The van der Waals surface area contributed by atoms with Gasteiger partial charge in [-0.05, 0) is 40.8 Å². The van der Waals surface area contributed by atoms with E-state index in [1.54, 1.807) is 6.20 Å². The average molecular weight is 346 g/mol. The Morgan fingerprint density at radius 1 is 1.00 bits per heavy atom. The number of aliphatic imine (C=N–C) groups is 1. The zero-order valence-electron chi connectivity index (χ0n) is 14.3. The summed E-state index contributed by atoms with van der Waals surface area (Å²) in [6.45, 7) is 0.490. The van der Waals surface area contributed by atoms with Gasteiger partial charge in [0.05, 0.1) is 13.2 Å². The van der Waals surface area contributed by atoms with Crippen molar-refractivity contribution in [1.82, 2.24) is 4.98 Å². The molecule has 1 aliphatic heterocycles. The first-order valence-corrected chi connectivity index (χ1v) is 8.68. The van der Waals surface area contributed by atoms with Gasteiger partial charge in [0.15, 0.2) is 0 Å². The molecule has 4 rings (SSSR count). The van der Waals surface area contributed by atoms with Gasteiger partial charge < -0.3 is 5.11 Å². The van der Waals surface area contributed by atoms with Crippen molar-refractivity contribution >= 4 is 5.97 Å². The Balaban J connectivity index is 1.61. The second kappa shape index (κ2) is 7.18. The molecule has 0 spiro atoms. The number of rotatable bonds is 5. The molecule has 130 valence electrons. The third-order valence-electron chi connectivity index (χ3n) is 4.82. The van der Waals surface area contributed by atoms with Gasteiger partial charge in [-0.3, -0.25) is 9.98 Å². The minimum atomic E-state index is -0.393. The average Bonchev–Trinajstić information content (AvgIpc) is 3.07. The maximum atomic E-state index is 13.8. The normalized spacial score (nSPS) is 14.0. The van der Waals surface area contributed by atoms with Crippen LogP contribution >= 0.6 is 0 Å². The van der Waals surface area contributed by atoms with Crippen LogP contribution in [0.1, 0.15) is 28.2 Å². The molecule has 0 amide bonds. The van der Waals surface area contributed by atoms with E-state index in [1.165, 1.54) is 0 Å². The van der Waals surface area contributed by atoms with Crippen LogP contribution in [0.25, 0.3) is 11.1 Å². The van der Waals surface area contributed by atoms with Gasteiger partial charge in [-0.2, -0.15) is 4.39 Å². The molecular formula is C22H19FN2O. The van der Waals surface area contributed by atoms with Gasteiger partial charge in [-0.25, -0.2) is 0 Å². The lowest BCUT2D eigenvalue weighted by atomic mass is 9.92. The summed E-state index contributed by atoms with van der Waals surface area (Å²) in [5.74, 6) is -0.367. The van der Waals surface area contributed by atoms with Crippen LogP contribution in [-0.2, 0) is 13.0 Å². The Bertz CT molecular complexity index is 953. The van der Waals surface area contributed by atoms with Gasteiger partial charge >= 0.3 is 0 Å². The van der Waals surface area contributed by atoms with Gasteiger partial charge in [-0.1, -0.05) is 42.5 Å². The summed E-state index contributed by atoms with van der Waals surface area (Å²) in [5, 5.41) is 9.79. The van der Waals surface area contributed by atoms with E-state index >= 15 is 0 Å². The van der Waals surface area contributed by atoms with Crippen molar-refractivity contribution in [3.8, 4) is 11.1 Å². The second-order valence-corrected chi connectivity index (χ2v) is 6.56. The maximum absolute atomic E-state index is 13.8. The minimum Gasteiger partial charge on any atom is -0.396 e. The van der Waals surface area contributed by atoms with E-state index in [-0.39, 0.29) is 12.5 Å². The number of nitrogens with zero attached hydrogens (tertiary/aromatic N) is 2. The van der Waals surface area contributed by atoms with E-state index in [4.69, 9.17) is 0 Å². The molecule has 1 N–H and O–H groups in total. The molecule has 0 radical (unpaired) electrons. The monoisotopic (exact) mass is 346 g/mol. The Morgan fingerprint density at radius 3 is 2.65 bits per heavy atom. The molecule has 2 heterocycles. The van der Waals surface area contributed by atoms with Gasteiger partial charge in [-0.15, -0.1) is 0 Å². The van der Waals surface area contributed by atoms with Crippen molar-refractivity contribution in [2.24, 2.45) is 4.99 Å². The summed E-state index contributed by atoms with van der Waals surface area (Å²) in [6, 6.07) is 17.8. The Kier molecular flexibility index (Phi) is 4.59. The van der Waals surface area contributed by atoms with Crippen LogP contribution in [0.2, 0.25) is 0 Å². The predicted octanol–water partition coefficient (Wildman–Crippen LogP) is 4.30. The smallest absolute Gasteiger partial charge is 0.216 e. The van der Waals surface area contributed by atoms with Crippen molar-refractivity contribution < 1.29 is 9.50 Å². The van der Waals surface area contributed by atoms with Gasteiger partial charge in [0, 0.05) is 29.4 Å². The van der Waals surface area contributed by atoms with Crippen molar-refractivity contribution in [2.75, 3.05) is 6.61 Å². The standard InChI is InChI=1S/C22H19FN2O/c23-22-21-10-17(6-7-18(21)13-25-22)19-8-15(11-24-12-19)9-20(14-26)16-4-2-1-3-5-16/h1-8,10-12,20,26H,9,13-14H2/t20-/m0/s1. The topological polar surface area (TPSA) is 45.5 Å². The minimum absolute atomic E-state index is 0.0258. The summed E-state index contributed by atoms with van der Waals surface area (Å²) in [7, 11) is 0. The number of fused-ring (bicyclic) bond motifs is 1. The highest BCUT2D eigenvalue weighted by Gasteiger charge is 2.17. The number of pyridine rings is 1. The van der Waals surface area contributed by atoms with Crippen molar-refractivity contribution in [2.45, 2.75) is 18.9 Å². The molecule has 0 saturated heterocycles. The largest absolute Gasteiger partial charge is 0.396 e. The first-order chi connectivity index (χ1) is 12.7. The summed E-state index contributed by atoms with van der Waals surface area (Å²) in [6.07, 6.45) is 4.30. The van der Waals surface area contributed by atoms with Crippen LogP contribution in [0.3, 0.4) is 0 Å². The lowest BCUT2D eigenvalue weighted by molar-refractivity contribution is 0.264. The van der Waals surface area contributed by atoms with Crippen LogP contribution in [0.15, 0.2) is 72.0 Å². The highest BCUT2D eigenvalue weighted by atomic mass is 19.1. The maximum Gasteiger partial charge on any atom is 0.216 e. The zero-order chi connectivity index (χ0) is 17.9. The van der Waals surface area contributed by atoms with E-state index in [1.807, 2.05) is 54.7 Å². The van der Waals surface area contributed by atoms with Crippen LogP contribution in [0.5, 0.6) is 0 Å². The molecule has 0 bridgehead atoms. The summed E-state index contributed by atoms with van der Waals surface area (Å²) in [5.41, 5.74) is 5.50. The second-order valence-electron chi connectivity index (χ2n) is 6.56. The van der Waals surface area contributed by atoms with E-state index in [0.717, 1.165) is 27.8 Å². The van der Waals surface area contributed by atoms with Gasteiger partial charge in [0.25, 0.3) is 0 Å². The molecule has 3 nitrogen and oxygen atoms in total. The number of aliphatic hydroxyl groups excluding tert-OH is 1. The fourth-order valence-electron chi connectivity index (χ4n) is 3.38. The quantitative estimate of drug-likeness (QED) is 0.749. The molecule has 1 aromatic heterocycles. The van der Waals surface area contributed by atoms with Crippen LogP contribution in [0.4, 0.5) is 4.39 Å². The first-order valence-electron chi connectivity index (χ1n) is 8.68. The number of aliphatic hydroxyl groups is 1. The summed E-state index contributed by atoms with van der Waals surface area (Å²) < 4.78 is 13.8. The molecule has 4 heteroatoms. The molecule has 0 unspecified atom stereocenters. The Labute approximate surface area is 151 Å². The van der Waals surface area contributed by atoms with Crippen LogP contribution in [0, 0.1) is 0 Å². The molecule has 0 fully saturated rings. The fraction of sp³-hybridized carbons (Fsp3) is 0.182. The van der Waals surface area contributed by atoms with Crippen LogP contribution in [-0.4, -0.2) is 22.7 Å². The number of hydrogen-bond acceptors (Lipinski definition) is 3. The summed E-state index contributed by atoms with van der Waals surface area (Å²) in [4.78, 5) is 8.20. The van der Waals surface area contributed by atoms with Crippen LogP contribution < -0.4 is 0 Å². The van der Waals surface area contributed by atoms with Crippen molar-refractivity contribution in [3.63, 3.8) is 0 Å². The summed E-state index contributed by atoms with van der Waals surface area (Å²) >= 11 is 0. The molecule has 1 aliphatic rings. The third-order valence-corrected chi connectivity index (χ3v) is 4.82. The van der Waals surface area contributed by atoms with Crippen molar-refractivity contribution in [3.05, 3.63) is 89.2 Å². The number of halogens is 1. The van der Waals surface area contributed by atoms with Gasteiger partial charge in [0.1, 0.15) is 0 Å². The SMILES string of the molecule is OC[C@H](Cc1cncc(-c2ccc3c(c2)C(F)=NC3)c1)c1ccccc1. The van der Waals surface area contributed by atoms with E-state index < -0.39 is 5.97 Å². The third kappa shape index (κ3) is 3.28. The fourth-order valence-corrected chi connectivity index (χ4v) is 3.38. The predicted molar refractivity (Wildman–Crippen MR) is 101 cm³/mol. The van der Waals surface area contributed by atoms with E-state index in [0.29, 0.717) is 18.5 Å². The molecular weight excluding hydrogens is 327 g/mol. The Morgan fingerprint density at radius 2 is 1.85 bits per heavy atom. The number of aromatic nitrogens is 1. The highest BCUT2D eigenvalue weighted by Crippen LogP contribution is 2.28. The molecule has 0 aliphatic carbocycles.